The molecule has 128 valence electrons. The van der Waals surface area contributed by atoms with Gasteiger partial charge in [-0.05, 0) is 18.4 Å². The Balaban J connectivity index is 2.36. The average Bonchev–Trinajstić information content (AvgIpc) is 2.55. The average molecular weight is 324 g/mol. The van der Waals surface area contributed by atoms with Gasteiger partial charge in [0.25, 0.3) is 0 Å². The summed E-state index contributed by atoms with van der Waals surface area (Å²) in [5.41, 5.74) is 3.61. The molecule has 0 saturated heterocycles. The first-order valence-electron chi connectivity index (χ1n) is 7.68. The summed E-state index contributed by atoms with van der Waals surface area (Å²) in [6.07, 6.45) is 2.61. The second-order valence-electron chi connectivity index (χ2n) is 5.07. The van der Waals surface area contributed by atoms with Crippen LogP contribution in [0, 0.1) is 0 Å². The Kier molecular flexibility index (Phi) is 9.42. The Bertz CT molecular complexity index is 467. The summed E-state index contributed by atoms with van der Waals surface area (Å²) in [6.45, 7) is 0.266. The zero-order chi connectivity index (χ0) is 16.9. The van der Waals surface area contributed by atoms with Crippen LogP contribution in [0.2, 0.25) is 0 Å². The SMILES string of the molecule is O=C(O)CN(NCCCCCCO)C(=O)OCc1ccccc1. The molecular formula is C16H24N2O5. The van der Waals surface area contributed by atoms with Crippen LogP contribution in [0.25, 0.3) is 0 Å². The van der Waals surface area contributed by atoms with Gasteiger partial charge in [0.1, 0.15) is 13.2 Å². The van der Waals surface area contributed by atoms with Crippen molar-refractivity contribution >= 4 is 12.1 Å². The second-order valence-corrected chi connectivity index (χ2v) is 5.07. The number of amides is 1. The van der Waals surface area contributed by atoms with Crippen molar-refractivity contribution in [3.63, 3.8) is 0 Å². The molecule has 3 N–H and O–H groups in total. The lowest BCUT2D eigenvalue weighted by Gasteiger charge is -2.21. The fourth-order valence-electron chi connectivity index (χ4n) is 1.92. The van der Waals surface area contributed by atoms with Crippen molar-refractivity contribution in [1.29, 1.82) is 0 Å². The Morgan fingerprint density at radius 1 is 1.09 bits per heavy atom. The van der Waals surface area contributed by atoms with Crippen LogP contribution in [0.1, 0.15) is 31.2 Å². The Hall–Kier alpha value is -2.12. The lowest BCUT2D eigenvalue weighted by molar-refractivity contribution is -0.138. The van der Waals surface area contributed by atoms with E-state index in [2.05, 4.69) is 5.43 Å². The summed E-state index contributed by atoms with van der Waals surface area (Å²) in [4.78, 5) is 22.8. The Morgan fingerprint density at radius 3 is 2.43 bits per heavy atom. The fraction of sp³-hybridized carbons (Fsp3) is 0.500. The highest BCUT2D eigenvalue weighted by Crippen LogP contribution is 2.03. The molecule has 0 aliphatic carbocycles. The highest BCUT2D eigenvalue weighted by molar-refractivity contribution is 5.76. The van der Waals surface area contributed by atoms with Gasteiger partial charge in [0.15, 0.2) is 0 Å². The van der Waals surface area contributed by atoms with Gasteiger partial charge < -0.3 is 14.9 Å². The number of unbranched alkanes of at least 4 members (excludes halogenated alkanes) is 3. The molecule has 0 heterocycles. The highest BCUT2D eigenvalue weighted by Gasteiger charge is 2.17. The van der Waals surface area contributed by atoms with Crippen molar-refractivity contribution in [2.24, 2.45) is 0 Å². The molecule has 0 bridgehead atoms. The molecule has 0 radical (unpaired) electrons. The zero-order valence-electron chi connectivity index (χ0n) is 13.1. The lowest BCUT2D eigenvalue weighted by Crippen LogP contribution is -2.46. The predicted octanol–water partition coefficient (Wildman–Crippen LogP) is 1.77. The number of hydrazine groups is 1. The van der Waals surface area contributed by atoms with E-state index < -0.39 is 18.6 Å². The van der Waals surface area contributed by atoms with Crippen LogP contribution in [0.5, 0.6) is 0 Å². The number of ether oxygens (including phenoxy) is 1. The predicted molar refractivity (Wildman–Crippen MR) is 84.5 cm³/mol. The maximum atomic E-state index is 12.0. The summed E-state index contributed by atoms with van der Waals surface area (Å²) in [5, 5.41) is 18.5. The van der Waals surface area contributed by atoms with Gasteiger partial charge >= 0.3 is 12.1 Å². The van der Waals surface area contributed by atoms with Crippen LogP contribution in [0.4, 0.5) is 4.79 Å². The number of aliphatic carboxylic acids is 1. The summed E-state index contributed by atoms with van der Waals surface area (Å²) in [6, 6.07) is 9.18. The van der Waals surface area contributed by atoms with E-state index >= 15 is 0 Å². The van der Waals surface area contributed by atoms with Crippen LogP contribution in [-0.2, 0) is 16.1 Å². The molecular weight excluding hydrogens is 300 g/mol. The summed E-state index contributed by atoms with van der Waals surface area (Å²) in [5.74, 6) is -1.12. The molecule has 0 aromatic heterocycles. The third-order valence-corrected chi connectivity index (χ3v) is 3.11. The minimum Gasteiger partial charge on any atom is -0.480 e. The third kappa shape index (κ3) is 8.80. The van der Waals surface area contributed by atoms with Gasteiger partial charge in [-0.1, -0.05) is 43.2 Å². The smallest absolute Gasteiger partial charge is 0.425 e. The number of hydrogen-bond donors (Lipinski definition) is 3. The molecule has 0 spiro atoms. The molecule has 1 rings (SSSR count). The highest BCUT2D eigenvalue weighted by atomic mass is 16.6. The van der Waals surface area contributed by atoms with E-state index in [-0.39, 0.29) is 13.2 Å². The van der Waals surface area contributed by atoms with Crippen LogP contribution in [0.3, 0.4) is 0 Å². The number of hydrogen-bond acceptors (Lipinski definition) is 5. The van der Waals surface area contributed by atoms with E-state index in [1.54, 1.807) is 0 Å². The molecule has 0 fully saturated rings. The van der Waals surface area contributed by atoms with Crippen LogP contribution in [-0.4, -0.2) is 47.0 Å². The maximum Gasteiger partial charge on any atom is 0.425 e. The van der Waals surface area contributed by atoms with Gasteiger partial charge in [-0.15, -0.1) is 0 Å². The number of aliphatic hydroxyl groups excluding tert-OH is 1. The first-order valence-corrected chi connectivity index (χ1v) is 7.68. The van der Waals surface area contributed by atoms with E-state index in [0.29, 0.717) is 6.54 Å². The molecule has 0 atom stereocenters. The van der Waals surface area contributed by atoms with Crippen molar-refractivity contribution in [2.45, 2.75) is 32.3 Å². The van der Waals surface area contributed by atoms with E-state index in [0.717, 1.165) is 36.3 Å². The van der Waals surface area contributed by atoms with Gasteiger partial charge in [-0.3, -0.25) is 4.79 Å². The monoisotopic (exact) mass is 324 g/mol. The largest absolute Gasteiger partial charge is 0.480 e. The molecule has 1 amide bonds. The van der Waals surface area contributed by atoms with Crippen molar-refractivity contribution < 1.29 is 24.5 Å². The number of carbonyl (C=O) groups is 2. The van der Waals surface area contributed by atoms with Gasteiger partial charge in [0.05, 0.1) is 0 Å². The molecule has 1 aromatic rings. The van der Waals surface area contributed by atoms with Gasteiger partial charge in [-0.25, -0.2) is 15.2 Å². The van der Waals surface area contributed by atoms with Gasteiger partial charge in [0, 0.05) is 13.2 Å². The van der Waals surface area contributed by atoms with E-state index in [9.17, 15) is 9.59 Å². The Labute approximate surface area is 135 Å². The van der Waals surface area contributed by atoms with Crippen molar-refractivity contribution in [2.75, 3.05) is 19.7 Å². The first kappa shape index (κ1) is 18.9. The number of aliphatic hydroxyl groups is 1. The van der Waals surface area contributed by atoms with Gasteiger partial charge in [0.2, 0.25) is 0 Å². The molecule has 23 heavy (non-hydrogen) atoms. The Morgan fingerprint density at radius 2 is 1.78 bits per heavy atom. The summed E-state index contributed by atoms with van der Waals surface area (Å²) in [7, 11) is 0. The van der Waals surface area contributed by atoms with Gasteiger partial charge in [-0.2, -0.15) is 0 Å². The van der Waals surface area contributed by atoms with E-state index in [1.165, 1.54) is 0 Å². The number of rotatable bonds is 11. The van der Waals surface area contributed by atoms with E-state index in [4.69, 9.17) is 14.9 Å². The van der Waals surface area contributed by atoms with Crippen molar-refractivity contribution in [3.8, 4) is 0 Å². The number of nitrogens with zero attached hydrogens (tertiary/aromatic N) is 1. The van der Waals surface area contributed by atoms with Crippen molar-refractivity contribution in [1.82, 2.24) is 10.4 Å². The number of carboxylic acid groups (broad SMARTS) is 1. The lowest BCUT2D eigenvalue weighted by atomic mass is 10.2. The molecule has 0 aliphatic heterocycles. The summed E-state index contributed by atoms with van der Waals surface area (Å²) >= 11 is 0. The molecule has 7 heteroatoms. The third-order valence-electron chi connectivity index (χ3n) is 3.11. The number of carboxylic acids is 1. The molecule has 1 aromatic carbocycles. The maximum absolute atomic E-state index is 12.0. The summed E-state index contributed by atoms with van der Waals surface area (Å²) < 4.78 is 5.11. The fourth-order valence-corrected chi connectivity index (χ4v) is 1.92. The molecule has 0 unspecified atom stereocenters. The standard InChI is InChI=1S/C16H24N2O5/c19-11-7-2-1-6-10-17-18(12-15(20)21)16(22)23-13-14-8-4-3-5-9-14/h3-5,8-9,17,19H,1-2,6-7,10-13H2,(H,20,21). The quantitative estimate of drug-likeness (QED) is 0.424. The van der Waals surface area contributed by atoms with Crippen molar-refractivity contribution in [3.05, 3.63) is 35.9 Å². The minimum atomic E-state index is -1.12. The number of carbonyl (C=O) groups excluding carboxylic acids is 1. The first-order chi connectivity index (χ1) is 11.1. The molecule has 7 nitrogen and oxygen atoms in total. The number of nitrogens with one attached hydrogen (secondary N) is 1. The van der Waals surface area contributed by atoms with E-state index in [1.807, 2.05) is 30.3 Å². The molecule has 0 saturated carbocycles. The van der Waals surface area contributed by atoms with Crippen LogP contribution < -0.4 is 5.43 Å². The topological polar surface area (TPSA) is 99.1 Å². The van der Waals surface area contributed by atoms with Crippen LogP contribution >= 0.6 is 0 Å². The minimum absolute atomic E-state index is 0.0912. The normalized spacial score (nSPS) is 10.3. The van der Waals surface area contributed by atoms with Crippen LogP contribution in [0.15, 0.2) is 30.3 Å². The zero-order valence-corrected chi connectivity index (χ0v) is 13.1. The second kappa shape index (κ2) is 11.4. The number of benzene rings is 1. The molecule has 0 aliphatic rings.